The molecule has 4 rings (SSSR count). The molecule has 0 aliphatic heterocycles. The first-order valence-electron chi connectivity index (χ1n) is 8.97. The molecule has 0 spiro atoms. The van der Waals surface area contributed by atoms with Gasteiger partial charge in [0, 0.05) is 18.3 Å². The van der Waals surface area contributed by atoms with E-state index in [0.717, 1.165) is 12.8 Å². The molecule has 1 aromatic carbocycles. The van der Waals surface area contributed by atoms with Gasteiger partial charge in [-0.15, -0.1) is 0 Å². The molecule has 27 heavy (non-hydrogen) atoms. The zero-order valence-electron chi connectivity index (χ0n) is 14.6. The van der Waals surface area contributed by atoms with Crippen LogP contribution in [0.1, 0.15) is 25.7 Å². The maximum atomic E-state index is 14.0. The number of aromatic nitrogens is 3. The zero-order chi connectivity index (χ0) is 18.6. The van der Waals surface area contributed by atoms with Gasteiger partial charge in [-0.2, -0.15) is 4.98 Å². The van der Waals surface area contributed by atoms with Gasteiger partial charge in [-0.1, -0.05) is 25.0 Å². The van der Waals surface area contributed by atoms with Crippen molar-refractivity contribution < 1.29 is 8.78 Å². The Morgan fingerprint density at radius 3 is 2.37 bits per heavy atom. The molecule has 138 valence electrons. The Bertz CT molecular complexity index is 907. The molecule has 1 aliphatic carbocycles. The second kappa shape index (κ2) is 7.65. The van der Waals surface area contributed by atoms with Gasteiger partial charge in [0.15, 0.2) is 0 Å². The molecule has 1 aliphatic rings. The molecule has 0 radical (unpaired) electrons. The molecule has 1 saturated carbocycles. The third-order valence-corrected chi connectivity index (χ3v) is 4.56. The number of para-hydroxylation sites is 1. The second-order valence-corrected chi connectivity index (χ2v) is 6.52. The smallest absolute Gasteiger partial charge is 0.225 e. The molecule has 2 N–H and O–H groups in total. The molecule has 7 heteroatoms. The molecular weight excluding hydrogens is 348 g/mol. The summed E-state index contributed by atoms with van der Waals surface area (Å²) in [7, 11) is 0. The number of hydrogen-bond acceptors (Lipinski definition) is 5. The summed E-state index contributed by atoms with van der Waals surface area (Å²) in [4.78, 5) is 13.3. The molecule has 2 aromatic heterocycles. The van der Waals surface area contributed by atoms with Crippen LogP contribution in [0.4, 0.5) is 26.2 Å². The van der Waals surface area contributed by atoms with Crippen molar-refractivity contribution in [2.24, 2.45) is 0 Å². The van der Waals surface area contributed by atoms with E-state index in [1.165, 1.54) is 31.0 Å². The van der Waals surface area contributed by atoms with E-state index in [1.54, 1.807) is 12.3 Å². The molecule has 3 aromatic rings. The van der Waals surface area contributed by atoms with E-state index in [9.17, 15) is 8.78 Å². The third-order valence-electron chi connectivity index (χ3n) is 4.56. The van der Waals surface area contributed by atoms with Crippen molar-refractivity contribution in [3.05, 3.63) is 60.3 Å². The predicted octanol–water partition coefficient (Wildman–Crippen LogP) is 4.91. The van der Waals surface area contributed by atoms with Gasteiger partial charge in [-0.3, -0.25) is 4.98 Å². The number of nitrogens with zero attached hydrogens (tertiary/aromatic N) is 3. The lowest BCUT2D eigenvalue weighted by Gasteiger charge is -2.15. The highest BCUT2D eigenvalue weighted by molar-refractivity contribution is 5.65. The molecular formula is C20H19F2N5. The van der Waals surface area contributed by atoms with Gasteiger partial charge in [0.1, 0.15) is 23.1 Å². The van der Waals surface area contributed by atoms with Crippen molar-refractivity contribution in [3.63, 3.8) is 0 Å². The molecule has 2 heterocycles. The second-order valence-electron chi connectivity index (χ2n) is 6.52. The maximum Gasteiger partial charge on any atom is 0.225 e. The van der Waals surface area contributed by atoms with Gasteiger partial charge < -0.3 is 10.6 Å². The average molecular weight is 367 g/mol. The topological polar surface area (TPSA) is 62.7 Å². The number of benzene rings is 1. The van der Waals surface area contributed by atoms with Gasteiger partial charge in [-0.25, -0.2) is 13.8 Å². The predicted molar refractivity (Wildman–Crippen MR) is 101 cm³/mol. The van der Waals surface area contributed by atoms with E-state index in [0.29, 0.717) is 29.2 Å². The molecule has 5 nitrogen and oxygen atoms in total. The Kier molecular flexibility index (Phi) is 4.91. The van der Waals surface area contributed by atoms with E-state index < -0.39 is 11.6 Å². The fraction of sp³-hybridized carbons (Fsp3) is 0.250. The summed E-state index contributed by atoms with van der Waals surface area (Å²) < 4.78 is 28.0. The Balaban J connectivity index is 1.71. The number of anilines is 3. The fourth-order valence-corrected chi connectivity index (χ4v) is 3.22. The van der Waals surface area contributed by atoms with E-state index in [2.05, 4.69) is 25.6 Å². The van der Waals surface area contributed by atoms with Crippen LogP contribution in [0.15, 0.2) is 48.7 Å². The van der Waals surface area contributed by atoms with Gasteiger partial charge in [-0.05, 0) is 37.1 Å². The normalized spacial score (nSPS) is 14.3. The number of hydrogen-bond donors (Lipinski definition) is 2. The van der Waals surface area contributed by atoms with Crippen LogP contribution >= 0.6 is 0 Å². The minimum absolute atomic E-state index is 0.241. The summed E-state index contributed by atoms with van der Waals surface area (Å²) in [5, 5.41) is 6.08. The largest absolute Gasteiger partial charge is 0.351 e. The van der Waals surface area contributed by atoms with Crippen LogP contribution < -0.4 is 10.6 Å². The quantitative estimate of drug-likeness (QED) is 0.670. The lowest BCUT2D eigenvalue weighted by Crippen LogP contribution is -2.17. The van der Waals surface area contributed by atoms with Crippen molar-refractivity contribution in [2.45, 2.75) is 31.7 Å². The van der Waals surface area contributed by atoms with Crippen LogP contribution in [0, 0.1) is 11.6 Å². The van der Waals surface area contributed by atoms with Crippen molar-refractivity contribution in [3.8, 4) is 11.4 Å². The van der Waals surface area contributed by atoms with E-state index in [1.807, 2.05) is 18.2 Å². The molecule has 0 atom stereocenters. The third kappa shape index (κ3) is 4.02. The summed E-state index contributed by atoms with van der Waals surface area (Å²) in [5.74, 6) is -0.643. The van der Waals surface area contributed by atoms with Crippen LogP contribution in [0.3, 0.4) is 0 Å². The Labute approximate surface area is 155 Å². The van der Waals surface area contributed by atoms with Crippen molar-refractivity contribution in [1.82, 2.24) is 15.0 Å². The van der Waals surface area contributed by atoms with Crippen LogP contribution in [0.5, 0.6) is 0 Å². The van der Waals surface area contributed by atoms with Crippen LogP contribution in [0.2, 0.25) is 0 Å². The molecule has 0 bridgehead atoms. The SMILES string of the molecule is Fc1cccc(F)c1Nc1cc(-c2ccccn2)nc(NC2CCCC2)n1. The lowest BCUT2D eigenvalue weighted by atomic mass is 10.2. The van der Waals surface area contributed by atoms with E-state index in [-0.39, 0.29) is 5.69 Å². The number of halogens is 2. The molecule has 1 fully saturated rings. The summed E-state index contributed by atoms with van der Waals surface area (Å²) in [6.45, 7) is 0. The number of rotatable bonds is 5. The molecule has 0 amide bonds. The summed E-state index contributed by atoms with van der Waals surface area (Å²) in [6, 6.07) is 11.2. The highest BCUT2D eigenvalue weighted by Crippen LogP contribution is 2.27. The van der Waals surface area contributed by atoms with Gasteiger partial charge >= 0.3 is 0 Å². The van der Waals surface area contributed by atoms with Crippen molar-refractivity contribution in [2.75, 3.05) is 10.6 Å². The summed E-state index contributed by atoms with van der Waals surface area (Å²) in [6.07, 6.45) is 6.13. The highest BCUT2D eigenvalue weighted by atomic mass is 19.1. The fourth-order valence-electron chi connectivity index (χ4n) is 3.22. The Morgan fingerprint density at radius 2 is 1.67 bits per heavy atom. The minimum Gasteiger partial charge on any atom is -0.351 e. The van der Waals surface area contributed by atoms with Gasteiger partial charge in [0.2, 0.25) is 5.95 Å². The monoisotopic (exact) mass is 367 g/mol. The first-order chi connectivity index (χ1) is 13.2. The van der Waals surface area contributed by atoms with Crippen LogP contribution in [0.25, 0.3) is 11.4 Å². The number of nitrogens with one attached hydrogen (secondary N) is 2. The van der Waals surface area contributed by atoms with E-state index >= 15 is 0 Å². The first kappa shape index (κ1) is 17.3. The highest BCUT2D eigenvalue weighted by Gasteiger charge is 2.18. The Morgan fingerprint density at radius 1 is 0.889 bits per heavy atom. The molecule has 0 saturated heterocycles. The van der Waals surface area contributed by atoms with Crippen molar-refractivity contribution in [1.29, 1.82) is 0 Å². The minimum atomic E-state index is -0.682. The van der Waals surface area contributed by atoms with Crippen LogP contribution in [-0.4, -0.2) is 21.0 Å². The van der Waals surface area contributed by atoms with E-state index in [4.69, 9.17) is 0 Å². The first-order valence-corrected chi connectivity index (χ1v) is 8.97. The zero-order valence-corrected chi connectivity index (χ0v) is 14.6. The van der Waals surface area contributed by atoms with Gasteiger partial charge in [0.25, 0.3) is 0 Å². The lowest BCUT2D eigenvalue weighted by molar-refractivity contribution is 0.590. The molecule has 0 unspecified atom stereocenters. The summed E-state index contributed by atoms with van der Waals surface area (Å²) >= 11 is 0. The number of pyridine rings is 1. The average Bonchev–Trinajstić information content (AvgIpc) is 3.18. The van der Waals surface area contributed by atoms with Gasteiger partial charge in [0.05, 0.1) is 11.4 Å². The van der Waals surface area contributed by atoms with Crippen LogP contribution in [-0.2, 0) is 0 Å². The Hall–Kier alpha value is -3.09. The van der Waals surface area contributed by atoms with Crippen molar-refractivity contribution >= 4 is 17.5 Å². The standard InChI is InChI=1S/C20H19F2N5/c21-14-8-5-9-15(22)19(14)26-18-12-17(16-10-3-4-11-23-16)25-20(27-18)24-13-6-1-2-7-13/h3-5,8-13H,1-2,6-7H2,(H2,24,25,26,27). The summed E-state index contributed by atoms with van der Waals surface area (Å²) in [5.41, 5.74) is 0.992. The maximum absolute atomic E-state index is 14.0.